The number of hydrogen-bond acceptors (Lipinski definition) is 2. The molecule has 0 saturated carbocycles. The predicted molar refractivity (Wildman–Crippen MR) is 105 cm³/mol. The van der Waals surface area contributed by atoms with Crippen LogP contribution < -0.4 is 0 Å². The van der Waals surface area contributed by atoms with Crippen molar-refractivity contribution in [2.24, 2.45) is 0 Å². The van der Waals surface area contributed by atoms with Crippen molar-refractivity contribution < 1.29 is 10.2 Å². The van der Waals surface area contributed by atoms with Gasteiger partial charge in [-0.3, -0.25) is 0 Å². The van der Waals surface area contributed by atoms with E-state index in [1.165, 1.54) is 5.56 Å². The van der Waals surface area contributed by atoms with E-state index >= 15 is 0 Å². The van der Waals surface area contributed by atoms with Gasteiger partial charge in [-0.2, -0.15) is 0 Å². The van der Waals surface area contributed by atoms with Crippen molar-refractivity contribution in [1.29, 1.82) is 0 Å². The standard InChI is InChI=1S/C23H32O2/c1-22(2,3)19-14-17(15-20(21(19)25)23(4,5)6)18(12-13-24)16-10-8-7-9-11-16/h7-11,14-15,18,24-25H,12-13H2,1-6H3. The summed E-state index contributed by atoms with van der Waals surface area (Å²) in [6, 6.07) is 14.6. The molecule has 2 heteroatoms. The van der Waals surface area contributed by atoms with Crippen molar-refractivity contribution in [3.8, 4) is 5.75 Å². The lowest BCUT2D eigenvalue weighted by Crippen LogP contribution is -2.19. The molecule has 1 unspecified atom stereocenters. The SMILES string of the molecule is CC(C)(C)c1cc(C(CCO)c2ccccc2)cc(C(C)(C)C)c1O. The number of phenols is 1. The van der Waals surface area contributed by atoms with E-state index in [-0.39, 0.29) is 23.4 Å². The zero-order chi connectivity index (χ0) is 18.8. The third-order valence-electron chi connectivity index (χ3n) is 4.77. The van der Waals surface area contributed by atoms with Gasteiger partial charge in [0.1, 0.15) is 5.75 Å². The van der Waals surface area contributed by atoms with Gasteiger partial charge in [0.2, 0.25) is 0 Å². The van der Waals surface area contributed by atoms with Crippen LogP contribution in [0.3, 0.4) is 0 Å². The first-order chi connectivity index (χ1) is 11.6. The van der Waals surface area contributed by atoms with Crippen molar-refractivity contribution in [3.05, 3.63) is 64.7 Å². The summed E-state index contributed by atoms with van der Waals surface area (Å²) in [5.74, 6) is 0.522. The lowest BCUT2D eigenvalue weighted by Gasteiger charge is -2.30. The van der Waals surface area contributed by atoms with Crippen LogP contribution >= 0.6 is 0 Å². The van der Waals surface area contributed by atoms with Crippen LogP contribution in [0.4, 0.5) is 0 Å². The minimum atomic E-state index is -0.152. The molecule has 0 aromatic heterocycles. The molecule has 0 aliphatic carbocycles. The van der Waals surface area contributed by atoms with Gasteiger partial charge >= 0.3 is 0 Å². The van der Waals surface area contributed by atoms with E-state index in [0.29, 0.717) is 12.2 Å². The quantitative estimate of drug-likeness (QED) is 0.771. The summed E-state index contributed by atoms with van der Waals surface area (Å²) in [6.07, 6.45) is 0.669. The van der Waals surface area contributed by atoms with Crippen LogP contribution in [0.2, 0.25) is 0 Å². The number of aliphatic hydroxyl groups is 1. The number of rotatable bonds is 4. The Morgan fingerprint density at radius 3 is 1.68 bits per heavy atom. The Balaban J connectivity index is 2.70. The molecule has 0 aliphatic rings. The monoisotopic (exact) mass is 340 g/mol. The van der Waals surface area contributed by atoms with Crippen LogP contribution in [0.25, 0.3) is 0 Å². The van der Waals surface area contributed by atoms with Crippen LogP contribution in [-0.2, 0) is 10.8 Å². The number of phenolic OH excluding ortho intramolecular Hbond substituents is 1. The summed E-state index contributed by atoms with van der Waals surface area (Å²) < 4.78 is 0. The largest absolute Gasteiger partial charge is 0.507 e. The first-order valence-corrected chi connectivity index (χ1v) is 9.09. The lowest BCUT2D eigenvalue weighted by molar-refractivity contribution is 0.281. The van der Waals surface area contributed by atoms with Gasteiger partial charge in [0.15, 0.2) is 0 Å². The molecule has 0 amide bonds. The Morgan fingerprint density at radius 1 is 0.800 bits per heavy atom. The highest BCUT2D eigenvalue weighted by atomic mass is 16.3. The van der Waals surface area contributed by atoms with E-state index in [1.807, 2.05) is 18.2 Å². The van der Waals surface area contributed by atoms with E-state index in [0.717, 1.165) is 16.7 Å². The van der Waals surface area contributed by atoms with Gasteiger partial charge in [0.05, 0.1) is 0 Å². The molecule has 2 aromatic rings. The highest BCUT2D eigenvalue weighted by Crippen LogP contribution is 2.42. The summed E-state index contributed by atoms with van der Waals surface area (Å²) in [5, 5.41) is 20.5. The summed E-state index contributed by atoms with van der Waals surface area (Å²) in [7, 11) is 0. The molecule has 2 N–H and O–H groups in total. The Labute approximate surface area is 152 Å². The van der Waals surface area contributed by atoms with Crippen LogP contribution in [0, 0.1) is 0 Å². The molecule has 0 spiro atoms. The minimum absolute atomic E-state index is 0.119. The van der Waals surface area contributed by atoms with Crippen molar-refractivity contribution in [1.82, 2.24) is 0 Å². The zero-order valence-electron chi connectivity index (χ0n) is 16.4. The number of benzene rings is 2. The van der Waals surface area contributed by atoms with Crippen molar-refractivity contribution in [3.63, 3.8) is 0 Å². The summed E-state index contributed by atoms with van der Waals surface area (Å²) in [4.78, 5) is 0. The van der Waals surface area contributed by atoms with E-state index in [9.17, 15) is 10.2 Å². The topological polar surface area (TPSA) is 40.5 Å². The minimum Gasteiger partial charge on any atom is -0.507 e. The lowest BCUT2D eigenvalue weighted by atomic mass is 9.76. The highest BCUT2D eigenvalue weighted by Gasteiger charge is 2.28. The number of aliphatic hydroxyl groups excluding tert-OH is 1. The zero-order valence-corrected chi connectivity index (χ0v) is 16.4. The Bertz CT molecular complexity index is 668. The maximum atomic E-state index is 10.9. The smallest absolute Gasteiger partial charge is 0.123 e. The molecule has 1 atom stereocenters. The van der Waals surface area contributed by atoms with Gasteiger partial charge in [-0.05, 0) is 39.5 Å². The molecule has 0 saturated heterocycles. The molecule has 25 heavy (non-hydrogen) atoms. The first-order valence-electron chi connectivity index (χ1n) is 9.09. The van der Waals surface area contributed by atoms with Crippen LogP contribution in [-0.4, -0.2) is 16.8 Å². The highest BCUT2D eigenvalue weighted by molar-refractivity contribution is 5.52. The summed E-state index contributed by atoms with van der Waals surface area (Å²) in [5.41, 5.74) is 3.98. The average Bonchev–Trinajstić information content (AvgIpc) is 2.51. The second-order valence-electron chi connectivity index (χ2n) is 8.94. The van der Waals surface area contributed by atoms with Crippen LogP contribution in [0.1, 0.15) is 76.1 Å². The summed E-state index contributed by atoms with van der Waals surface area (Å²) >= 11 is 0. The van der Waals surface area contributed by atoms with Crippen LogP contribution in [0.5, 0.6) is 5.75 Å². The summed E-state index contributed by atoms with van der Waals surface area (Å²) in [6.45, 7) is 12.9. The number of hydrogen-bond donors (Lipinski definition) is 2. The van der Waals surface area contributed by atoms with Gasteiger partial charge in [-0.1, -0.05) is 84.0 Å². The molecular weight excluding hydrogens is 308 g/mol. The molecule has 0 bridgehead atoms. The van der Waals surface area contributed by atoms with Crippen molar-refractivity contribution in [2.45, 2.75) is 64.7 Å². The average molecular weight is 341 g/mol. The van der Waals surface area contributed by atoms with E-state index in [4.69, 9.17) is 0 Å². The molecule has 136 valence electrons. The van der Waals surface area contributed by atoms with Crippen molar-refractivity contribution >= 4 is 0 Å². The Kier molecular flexibility index (Phi) is 5.63. The van der Waals surface area contributed by atoms with E-state index in [1.54, 1.807) is 0 Å². The second-order valence-corrected chi connectivity index (χ2v) is 8.94. The Morgan fingerprint density at radius 2 is 1.28 bits per heavy atom. The molecular formula is C23H32O2. The predicted octanol–water partition coefficient (Wildman–Crippen LogP) is 5.50. The molecule has 0 fully saturated rings. The van der Waals surface area contributed by atoms with Gasteiger partial charge < -0.3 is 10.2 Å². The molecule has 0 heterocycles. The fourth-order valence-corrected chi connectivity index (χ4v) is 3.34. The normalized spacial score (nSPS) is 13.7. The van der Waals surface area contributed by atoms with Gasteiger partial charge in [0, 0.05) is 12.5 Å². The molecule has 2 aromatic carbocycles. The molecule has 0 aliphatic heterocycles. The molecule has 2 nitrogen and oxygen atoms in total. The maximum absolute atomic E-state index is 10.9. The number of aromatic hydroxyl groups is 1. The molecule has 2 rings (SSSR count). The fraction of sp³-hybridized carbons (Fsp3) is 0.478. The van der Waals surface area contributed by atoms with Gasteiger partial charge in [-0.25, -0.2) is 0 Å². The Hall–Kier alpha value is -1.80. The second kappa shape index (κ2) is 7.21. The van der Waals surface area contributed by atoms with Crippen LogP contribution in [0.15, 0.2) is 42.5 Å². The maximum Gasteiger partial charge on any atom is 0.123 e. The van der Waals surface area contributed by atoms with Gasteiger partial charge in [-0.15, -0.1) is 0 Å². The third-order valence-corrected chi connectivity index (χ3v) is 4.77. The fourth-order valence-electron chi connectivity index (χ4n) is 3.34. The first kappa shape index (κ1) is 19.5. The van der Waals surface area contributed by atoms with E-state index in [2.05, 4.69) is 65.8 Å². The van der Waals surface area contributed by atoms with Gasteiger partial charge in [0.25, 0.3) is 0 Å². The van der Waals surface area contributed by atoms with Crippen molar-refractivity contribution in [2.75, 3.05) is 6.61 Å². The third kappa shape index (κ3) is 4.43. The molecule has 0 radical (unpaired) electrons. The van der Waals surface area contributed by atoms with E-state index < -0.39 is 0 Å².